The highest BCUT2D eigenvalue weighted by Crippen LogP contribution is 2.44. The number of hydrogen-bond acceptors (Lipinski definition) is 4. The Kier molecular flexibility index (Phi) is 4.21. The van der Waals surface area contributed by atoms with Gasteiger partial charge in [0.2, 0.25) is 5.91 Å². The van der Waals surface area contributed by atoms with Gasteiger partial charge >= 0.3 is 0 Å². The number of H-pyrrole nitrogens is 1. The fourth-order valence-corrected chi connectivity index (χ4v) is 4.64. The smallest absolute Gasteiger partial charge is 0.254 e. The summed E-state index contributed by atoms with van der Waals surface area (Å²) >= 11 is 0. The second-order valence-corrected chi connectivity index (χ2v) is 9.16. The Balaban J connectivity index is 1.57. The second kappa shape index (κ2) is 6.19. The van der Waals surface area contributed by atoms with Crippen LogP contribution in [0, 0.1) is 5.92 Å². The summed E-state index contributed by atoms with van der Waals surface area (Å²) in [6, 6.07) is 0. The molecular weight excluding hydrogens is 330 g/mol. The number of nitrogens with zero attached hydrogens (tertiary/aromatic N) is 2. The summed E-state index contributed by atoms with van der Waals surface area (Å²) in [6.45, 7) is 9.00. The number of aromatic amines is 1. The monoisotopic (exact) mass is 359 g/mol. The minimum Gasteiger partial charge on any atom is -0.381 e. The van der Waals surface area contributed by atoms with Gasteiger partial charge in [0.1, 0.15) is 5.82 Å². The second-order valence-electron chi connectivity index (χ2n) is 9.16. The van der Waals surface area contributed by atoms with Crippen LogP contribution >= 0.6 is 0 Å². The van der Waals surface area contributed by atoms with Crippen molar-refractivity contribution in [3.05, 3.63) is 27.4 Å². The average molecular weight is 359 g/mol. The fraction of sp³-hybridized carbons (Fsp3) is 0.750. The molecule has 2 saturated heterocycles. The van der Waals surface area contributed by atoms with E-state index in [0.717, 1.165) is 62.3 Å². The van der Waals surface area contributed by atoms with Gasteiger partial charge in [-0.05, 0) is 32.1 Å². The van der Waals surface area contributed by atoms with Crippen molar-refractivity contribution in [1.29, 1.82) is 0 Å². The molecule has 142 valence electrons. The molecule has 0 bridgehead atoms. The molecule has 2 fully saturated rings. The first-order valence-electron chi connectivity index (χ1n) is 9.81. The quantitative estimate of drug-likeness (QED) is 0.831. The van der Waals surface area contributed by atoms with Crippen molar-refractivity contribution in [2.24, 2.45) is 5.92 Å². The van der Waals surface area contributed by atoms with Crippen molar-refractivity contribution in [2.75, 3.05) is 26.3 Å². The predicted octanol–water partition coefficient (Wildman–Crippen LogP) is 1.91. The van der Waals surface area contributed by atoms with Crippen LogP contribution in [0.4, 0.5) is 0 Å². The summed E-state index contributed by atoms with van der Waals surface area (Å²) in [6.07, 6.45) is 4.42. The molecule has 3 aliphatic rings. The van der Waals surface area contributed by atoms with Gasteiger partial charge in [0.25, 0.3) is 5.56 Å². The third-order valence-corrected chi connectivity index (χ3v) is 6.39. The standard InChI is InChI=1S/C20H29N3O3/c1-19(2,3)18-21-15-14(16(24)22-18)4-6-20(15)7-9-23(10-8-20)17(25)13-5-11-26-12-13/h13H,4-12H2,1-3H3,(H,21,22,24). The number of carbonyl (C=O) groups excluding carboxylic acids is 1. The van der Waals surface area contributed by atoms with Crippen LogP contribution in [0.2, 0.25) is 0 Å². The Hall–Kier alpha value is -1.69. The molecule has 1 aliphatic carbocycles. The zero-order valence-electron chi connectivity index (χ0n) is 16.1. The van der Waals surface area contributed by atoms with E-state index in [0.29, 0.717) is 13.2 Å². The highest BCUT2D eigenvalue weighted by Gasteiger charge is 2.45. The normalized spacial score (nSPS) is 24.9. The van der Waals surface area contributed by atoms with Gasteiger partial charge < -0.3 is 14.6 Å². The molecule has 1 atom stereocenters. The van der Waals surface area contributed by atoms with Crippen molar-refractivity contribution in [3.8, 4) is 0 Å². The Labute approximate surface area is 154 Å². The number of nitrogens with one attached hydrogen (secondary N) is 1. The molecule has 0 saturated carbocycles. The number of piperidine rings is 1. The molecule has 26 heavy (non-hydrogen) atoms. The van der Waals surface area contributed by atoms with Crippen molar-refractivity contribution >= 4 is 5.91 Å². The van der Waals surface area contributed by atoms with Gasteiger partial charge in [0.15, 0.2) is 0 Å². The molecule has 6 nitrogen and oxygen atoms in total. The van der Waals surface area contributed by atoms with Crippen LogP contribution in [0.1, 0.15) is 63.5 Å². The van der Waals surface area contributed by atoms with E-state index in [1.54, 1.807) is 0 Å². The fourth-order valence-electron chi connectivity index (χ4n) is 4.64. The van der Waals surface area contributed by atoms with Crippen LogP contribution in [0.25, 0.3) is 0 Å². The molecule has 6 heteroatoms. The van der Waals surface area contributed by atoms with Crippen LogP contribution < -0.4 is 5.56 Å². The number of likely N-dealkylation sites (tertiary alicyclic amines) is 1. The molecule has 0 aromatic carbocycles. The van der Waals surface area contributed by atoms with Gasteiger partial charge in [-0.2, -0.15) is 0 Å². The van der Waals surface area contributed by atoms with E-state index in [1.807, 2.05) is 4.90 Å². The third-order valence-electron chi connectivity index (χ3n) is 6.39. The van der Waals surface area contributed by atoms with E-state index in [-0.39, 0.29) is 28.2 Å². The lowest BCUT2D eigenvalue weighted by Crippen LogP contribution is -2.47. The number of rotatable bonds is 1. The summed E-state index contributed by atoms with van der Waals surface area (Å²) in [5.74, 6) is 1.04. The topological polar surface area (TPSA) is 75.3 Å². The van der Waals surface area contributed by atoms with Crippen LogP contribution in [0.15, 0.2) is 4.79 Å². The zero-order chi connectivity index (χ0) is 18.5. The van der Waals surface area contributed by atoms with Crippen LogP contribution in [0.3, 0.4) is 0 Å². The predicted molar refractivity (Wildman–Crippen MR) is 98.3 cm³/mol. The molecule has 3 heterocycles. The lowest BCUT2D eigenvalue weighted by Gasteiger charge is -2.40. The van der Waals surface area contributed by atoms with E-state index in [4.69, 9.17) is 9.72 Å². The maximum absolute atomic E-state index is 12.7. The molecule has 1 aromatic heterocycles. The lowest BCUT2D eigenvalue weighted by molar-refractivity contribution is -0.137. The molecule has 1 unspecified atom stereocenters. The minimum atomic E-state index is -0.183. The molecule has 0 radical (unpaired) electrons. The first kappa shape index (κ1) is 17.7. The van der Waals surface area contributed by atoms with Gasteiger partial charge in [0.05, 0.1) is 18.2 Å². The molecule has 1 spiro atoms. The molecule has 1 amide bonds. The Morgan fingerprint density at radius 3 is 2.62 bits per heavy atom. The third kappa shape index (κ3) is 2.88. The van der Waals surface area contributed by atoms with Gasteiger partial charge in [-0.15, -0.1) is 0 Å². The molecule has 1 aromatic rings. The van der Waals surface area contributed by atoms with Crippen molar-refractivity contribution in [3.63, 3.8) is 0 Å². The highest BCUT2D eigenvalue weighted by atomic mass is 16.5. The van der Waals surface area contributed by atoms with Crippen molar-refractivity contribution in [2.45, 2.75) is 63.7 Å². The molecule has 2 aliphatic heterocycles. The van der Waals surface area contributed by atoms with Crippen molar-refractivity contribution in [1.82, 2.24) is 14.9 Å². The van der Waals surface area contributed by atoms with Crippen LogP contribution in [0.5, 0.6) is 0 Å². The Morgan fingerprint density at radius 1 is 1.27 bits per heavy atom. The van der Waals surface area contributed by atoms with Crippen molar-refractivity contribution < 1.29 is 9.53 Å². The summed E-state index contributed by atoms with van der Waals surface area (Å²) in [5.41, 5.74) is 1.67. The van der Waals surface area contributed by atoms with E-state index >= 15 is 0 Å². The molecule has 4 rings (SSSR count). The van der Waals surface area contributed by atoms with E-state index in [1.165, 1.54) is 0 Å². The maximum atomic E-state index is 12.7. The first-order chi connectivity index (χ1) is 12.3. The number of ether oxygens (including phenoxy) is 1. The molecular formula is C20H29N3O3. The summed E-state index contributed by atoms with van der Waals surface area (Å²) in [5, 5.41) is 0. The van der Waals surface area contributed by atoms with Crippen LogP contribution in [-0.4, -0.2) is 47.1 Å². The number of amides is 1. The number of carbonyl (C=O) groups is 1. The number of hydrogen-bond donors (Lipinski definition) is 1. The SMILES string of the molecule is CC(C)(C)c1nc2c(c(=O)[nH]1)CCC21CCN(C(=O)C2CCOC2)CC1. The van der Waals surface area contributed by atoms with Gasteiger partial charge in [-0.3, -0.25) is 9.59 Å². The average Bonchev–Trinajstić information content (AvgIpc) is 3.24. The van der Waals surface area contributed by atoms with Gasteiger partial charge in [0, 0.05) is 36.1 Å². The zero-order valence-corrected chi connectivity index (χ0v) is 16.1. The van der Waals surface area contributed by atoms with E-state index < -0.39 is 0 Å². The van der Waals surface area contributed by atoms with Gasteiger partial charge in [-0.25, -0.2) is 4.98 Å². The Bertz CT molecular complexity index is 763. The Morgan fingerprint density at radius 2 is 2.00 bits per heavy atom. The van der Waals surface area contributed by atoms with Gasteiger partial charge in [-0.1, -0.05) is 20.8 Å². The van der Waals surface area contributed by atoms with E-state index in [2.05, 4.69) is 25.8 Å². The maximum Gasteiger partial charge on any atom is 0.254 e. The number of aromatic nitrogens is 2. The first-order valence-corrected chi connectivity index (χ1v) is 9.81. The highest BCUT2D eigenvalue weighted by molar-refractivity contribution is 5.79. The number of fused-ring (bicyclic) bond motifs is 2. The minimum absolute atomic E-state index is 0.0263. The van der Waals surface area contributed by atoms with E-state index in [9.17, 15) is 9.59 Å². The summed E-state index contributed by atoms with van der Waals surface area (Å²) < 4.78 is 5.37. The largest absolute Gasteiger partial charge is 0.381 e. The summed E-state index contributed by atoms with van der Waals surface area (Å²) in [7, 11) is 0. The lowest BCUT2D eigenvalue weighted by atomic mass is 9.75. The van der Waals surface area contributed by atoms with Crippen LogP contribution in [-0.2, 0) is 26.8 Å². The summed E-state index contributed by atoms with van der Waals surface area (Å²) in [4.78, 5) is 35.2. The molecule has 1 N–H and O–H groups in total.